The van der Waals surface area contributed by atoms with E-state index in [9.17, 15) is 0 Å². The number of nitrogens with two attached hydrogens (primary N) is 1. The Labute approximate surface area is 105 Å². The van der Waals surface area contributed by atoms with Crippen LogP contribution in [0.2, 0.25) is 0 Å². The molecule has 0 aliphatic heterocycles. The molecular formula is C11H9BrN4O. The Morgan fingerprint density at radius 2 is 2.18 bits per heavy atom. The summed E-state index contributed by atoms with van der Waals surface area (Å²) in [6.07, 6.45) is 1.89. The van der Waals surface area contributed by atoms with Crippen molar-refractivity contribution >= 4 is 21.6 Å². The summed E-state index contributed by atoms with van der Waals surface area (Å²) in [6.45, 7) is 0.491. The topological polar surface area (TPSA) is 69.3 Å². The number of hydrogen-bond donors (Lipinski definition) is 1. The van der Waals surface area contributed by atoms with Crippen LogP contribution in [-0.2, 0) is 6.54 Å². The third kappa shape index (κ3) is 1.75. The largest absolute Gasteiger partial charge is 0.446 e. The Bertz CT molecular complexity index is 673. The van der Waals surface area contributed by atoms with Crippen LogP contribution < -0.4 is 5.73 Å². The number of fused-ring (bicyclic) bond motifs is 1. The lowest BCUT2D eigenvalue weighted by molar-refractivity contribution is 0.550. The van der Waals surface area contributed by atoms with Gasteiger partial charge in [-0.25, -0.2) is 0 Å². The number of pyridine rings is 1. The maximum absolute atomic E-state index is 5.58. The number of halogens is 1. The van der Waals surface area contributed by atoms with Crippen molar-refractivity contribution < 1.29 is 4.42 Å². The summed E-state index contributed by atoms with van der Waals surface area (Å²) >= 11 is 3.26. The molecule has 0 radical (unpaired) electrons. The normalized spacial score (nSPS) is 11.2. The van der Waals surface area contributed by atoms with E-state index in [2.05, 4.69) is 26.1 Å². The van der Waals surface area contributed by atoms with Gasteiger partial charge in [0, 0.05) is 12.7 Å². The van der Waals surface area contributed by atoms with Gasteiger partial charge in [-0.1, -0.05) is 0 Å². The predicted octanol–water partition coefficient (Wildman–Crippen LogP) is 2.21. The van der Waals surface area contributed by atoms with Crippen molar-refractivity contribution in [3.63, 3.8) is 0 Å². The molecule has 5 nitrogen and oxygen atoms in total. The Morgan fingerprint density at radius 3 is 2.88 bits per heavy atom. The molecule has 0 saturated carbocycles. The third-order valence-electron chi connectivity index (χ3n) is 2.50. The van der Waals surface area contributed by atoms with Crippen molar-refractivity contribution in [3.05, 3.63) is 40.7 Å². The molecule has 6 heteroatoms. The zero-order valence-electron chi connectivity index (χ0n) is 8.80. The van der Waals surface area contributed by atoms with Gasteiger partial charge in [0.25, 0.3) is 0 Å². The molecule has 0 aliphatic rings. The molecule has 2 N–H and O–H groups in total. The molecule has 0 unspecified atom stereocenters. The number of rotatable bonds is 2. The van der Waals surface area contributed by atoms with Crippen LogP contribution >= 0.6 is 15.9 Å². The highest BCUT2D eigenvalue weighted by atomic mass is 79.9. The maximum Gasteiger partial charge on any atom is 0.204 e. The molecule has 86 valence electrons. The predicted molar refractivity (Wildman–Crippen MR) is 66.3 cm³/mol. The zero-order chi connectivity index (χ0) is 11.8. The van der Waals surface area contributed by atoms with Crippen LogP contribution in [0.25, 0.3) is 17.2 Å². The quantitative estimate of drug-likeness (QED) is 0.786. The van der Waals surface area contributed by atoms with Crippen LogP contribution in [0.3, 0.4) is 0 Å². The number of furan rings is 1. The molecule has 0 bridgehead atoms. The van der Waals surface area contributed by atoms with Gasteiger partial charge in [0.1, 0.15) is 0 Å². The highest BCUT2D eigenvalue weighted by Gasteiger charge is 2.11. The maximum atomic E-state index is 5.58. The Hall–Kier alpha value is -1.66. The van der Waals surface area contributed by atoms with Crippen LogP contribution in [0.5, 0.6) is 0 Å². The lowest BCUT2D eigenvalue weighted by atomic mass is 10.2. The fraction of sp³-hybridized carbons (Fsp3) is 0.0909. The standard InChI is InChI=1S/C11H9BrN4O/c12-9-2-1-8(17-9)11-15-14-10-5-7(6-13)3-4-16(10)11/h1-5H,6,13H2. The van der Waals surface area contributed by atoms with Crippen molar-refractivity contribution in [1.82, 2.24) is 14.6 Å². The summed E-state index contributed by atoms with van der Waals surface area (Å²) in [4.78, 5) is 0. The lowest BCUT2D eigenvalue weighted by Crippen LogP contribution is -1.97. The zero-order valence-corrected chi connectivity index (χ0v) is 10.4. The Kier molecular flexibility index (Phi) is 2.45. The number of nitrogens with zero attached hydrogens (tertiary/aromatic N) is 3. The minimum absolute atomic E-state index is 0.491. The molecule has 0 fully saturated rings. The molecule has 0 amide bonds. The first-order chi connectivity index (χ1) is 8.28. The molecule has 17 heavy (non-hydrogen) atoms. The van der Waals surface area contributed by atoms with Gasteiger partial charge < -0.3 is 10.2 Å². The number of hydrogen-bond acceptors (Lipinski definition) is 4. The average Bonchev–Trinajstić information content (AvgIpc) is 2.93. The minimum Gasteiger partial charge on any atom is -0.446 e. The summed E-state index contributed by atoms with van der Waals surface area (Å²) in [5, 5.41) is 8.21. The second kappa shape index (κ2) is 3.97. The van der Waals surface area contributed by atoms with Gasteiger partial charge in [0.15, 0.2) is 16.1 Å². The first-order valence-corrected chi connectivity index (χ1v) is 5.86. The summed E-state index contributed by atoms with van der Waals surface area (Å²) in [6, 6.07) is 7.52. The highest BCUT2D eigenvalue weighted by Crippen LogP contribution is 2.24. The monoisotopic (exact) mass is 292 g/mol. The van der Waals surface area contributed by atoms with E-state index in [1.165, 1.54) is 0 Å². The molecule has 0 aliphatic carbocycles. The number of aromatic nitrogens is 3. The average molecular weight is 293 g/mol. The first kappa shape index (κ1) is 10.5. The van der Waals surface area contributed by atoms with E-state index in [0.717, 1.165) is 11.2 Å². The summed E-state index contributed by atoms with van der Waals surface area (Å²) in [5.74, 6) is 1.35. The highest BCUT2D eigenvalue weighted by molar-refractivity contribution is 9.10. The van der Waals surface area contributed by atoms with E-state index in [0.29, 0.717) is 22.8 Å². The van der Waals surface area contributed by atoms with Crippen molar-refractivity contribution in [2.24, 2.45) is 5.73 Å². The van der Waals surface area contributed by atoms with E-state index in [-0.39, 0.29) is 0 Å². The third-order valence-corrected chi connectivity index (χ3v) is 2.93. The fourth-order valence-corrected chi connectivity index (χ4v) is 1.97. The van der Waals surface area contributed by atoms with Gasteiger partial charge >= 0.3 is 0 Å². The van der Waals surface area contributed by atoms with Crippen LogP contribution in [0.4, 0.5) is 0 Å². The van der Waals surface area contributed by atoms with E-state index < -0.39 is 0 Å². The van der Waals surface area contributed by atoms with Crippen LogP contribution in [0.1, 0.15) is 5.56 Å². The molecule has 0 aromatic carbocycles. The summed E-state index contributed by atoms with van der Waals surface area (Å²) < 4.78 is 8.00. The second-order valence-corrected chi connectivity index (χ2v) is 4.38. The van der Waals surface area contributed by atoms with Crippen molar-refractivity contribution in [3.8, 4) is 11.6 Å². The van der Waals surface area contributed by atoms with E-state index in [4.69, 9.17) is 10.2 Å². The van der Waals surface area contributed by atoms with E-state index in [1.807, 2.05) is 34.9 Å². The Balaban J connectivity index is 2.18. The molecule has 3 aromatic heterocycles. The molecule has 0 atom stereocenters. The Morgan fingerprint density at radius 1 is 1.29 bits per heavy atom. The fourth-order valence-electron chi connectivity index (χ4n) is 1.66. The molecule has 3 rings (SSSR count). The van der Waals surface area contributed by atoms with Crippen molar-refractivity contribution in [2.45, 2.75) is 6.54 Å². The van der Waals surface area contributed by atoms with Gasteiger partial charge in [0.05, 0.1) is 0 Å². The van der Waals surface area contributed by atoms with Crippen LogP contribution in [-0.4, -0.2) is 14.6 Å². The van der Waals surface area contributed by atoms with Gasteiger partial charge in [-0.15, -0.1) is 10.2 Å². The molecule has 3 heterocycles. The first-order valence-electron chi connectivity index (χ1n) is 5.07. The SMILES string of the molecule is NCc1ccn2c(-c3ccc(Br)o3)nnc2c1. The second-order valence-electron chi connectivity index (χ2n) is 3.59. The van der Waals surface area contributed by atoms with Gasteiger partial charge in [-0.05, 0) is 45.8 Å². The van der Waals surface area contributed by atoms with Gasteiger partial charge in [-0.2, -0.15) is 0 Å². The molecule has 0 spiro atoms. The van der Waals surface area contributed by atoms with Crippen LogP contribution in [0, 0.1) is 0 Å². The van der Waals surface area contributed by atoms with Crippen molar-refractivity contribution in [1.29, 1.82) is 0 Å². The molecule has 3 aromatic rings. The summed E-state index contributed by atoms with van der Waals surface area (Å²) in [7, 11) is 0. The van der Waals surface area contributed by atoms with Gasteiger partial charge in [-0.3, -0.25) is 4.40 Å². The van der Waals surface area contributed by atoms with Crippen molar-refractivity contribution in [2.75, 3.05) is 0 Å². The van der Waals surface area contributed by atoms with E-state index in [1.54, 1.807) is 0 Å². The lowest BCUT2D eigenvalue weighted by Gasteiger charge is -1.98. The van der Waals surface area contributed by atoms with E-state index >= 15 is 0 Å². The molecule has 0 saturated heterocycles. The minimum atomic E-state index is 0.491. The molecular weight excluding hydrogens is 284 g/mol. The smallest absolute Gasteiger partial charge is 0.204 e. The van der Waals surface area contributed by atoms with Crippen LogP contribution in [0.15, 0.2) is 39.5 Å². The summed E-state index contributed by atoms with van der Waals surface area (Å²) in [5.41, 5.74) is 7.36. The van der Waals surface area contributed by atoms with Gasteiger partial charge in [0.2, 0.25) is 5.82 Å².